The van der Waals surface area contributed by atoms with Crippen LogP contribution in [0.1, 0.15) is 10.4 Å². The van der Waals surface area contributed by atoms with Crippen LogP contribution in [0, 0.1) is 22.7 Å². The summed E-state index contributed by atoms with van der Waals surface area (Å²) in [5.74, 6) is -1.06. The number of aromatic carboxylic acids is 1. The number of hydrogen-bond donors (Lipinski definition) is 2. The summed E-state index contributed by atoms with van der Waals surface area (Å²) < 4.78 is 0. The number of carboxylic acid groups (broad SMARTS) is 1. The third kappa shape index (κ3) is 4.00. The second-order valence-corrected chi connectivity index (χ2v) is 5.25. The van der Waals surface area contributed by atoms with E-state index in [0.717, 1.165) is 31.9 Å². The molecule has 0 unspecified atom stereocenters. The van der Waals surface area contributed by atoms with E-state index in [1.807, 2.05) is 6.07 Å². The van der Waals surface area contributed by atoms with Crippen molar-refractivity contribution in [3.8, 4) is 12.1 Å². The number of allylic oxidation sites excluding steroid dienone is 1. The smallest absolute Gasteiger partial charge is 0.337 e. The fourth-order valence-electron chi connectivity index (χ4n) is 2.34. The molecule has 0 radical (unpaired) electrons. The van der Waals surface area contributed by atoms with Crippen molar-refractivity contribution in [1.82, 2.24) is 4.90 Å². The maximum absolute atomic E-state index is 11.5. The lowest BCUT2D eigenvalue weighted by Gasteiger charge is -2.34. The van der Waals surface area contributed by atoms with Crippen LogP contribution in [0.15, 0.2) is 30.0 Å². The average Bonchev–Trinajstić information content (AvgIpc) is 2.56. The van der Waals surface area contributed by atoms with Crippen molar-refractivity contribution in [2.75, 3.05) is 43.4 Å². The summed E-state index contributed by atoms with van der Waals surface area (Å²) >= 11 is 0. The lowest BCUT2D eigenvalue weighted by Crippen LogP contribution is -2.44. The number of rotatable bonds is 4. The Morgan fingerprint density at radius 3 is 2.48 bits per heavy atom. The molecule has 0 amide bonds. The minimum atomic E-state index is -1.06. The number of anilines is 2. The zero-order valence-corrected chi connectivity index (χ0v) is 12.8. The molecule has 1 aromatic rings. The summed E-state index contributed by atoms with van der Waals surface area (Å²) in [7, 11) is 2.06. The molecule has 118 valence electrons. The van der Waals surface area contributed by atoms with Crippen LogP contribution >= 0.6 is 0 Å². The third-order valence-corrected chi connectivity index (χ3v) is 3.71. The van der Waals surface area contributed by atoms with Gasteiger partial charge in [0.25, 0.3) is 0 Å². The monoisotopic (exact) mass is 311 g/mol. The van der Waals surface area contributed by atoms with Crippen molar-refractivity contribution in [3.63, 3.8) is 0 Å². The number of likely N-dealkylation sites (N-methyl/N-ethyl adjacent to an activating group) is 1. The molecule has 7 nitrogen and oxygen atoms in total. The number of piperazine rings is 1. The highest BCUT2D eigenvalue weighted by Crippen LogP contribution is 2.24. The predicted octanol–water partition coefficient (Wildman–Crippen LogP) is 1.48. The quantitative estimate of drug-likeness (QED) is 0.812. The van der Waals surface area contributed by atoms with E-state index in [1.54, 1.807) is 24.3 Å². The highest BCUT2D eigenvalue weighted by molar-refractivity contribution is 5.95. The Labute approximate surface area is 134 Å². The highest BCUT2D eigenvalue weighted by atomic mass is 16.4. The first-order valence-corrected chi connectivity index (χ1v) is 7.13. The van der Waals surface area contributed by atoms with Crippen LogP contribution in [0.2, 0.25) is 0 Å². The predicted molar refractivity (Wildman–Crippen MR) is 86.0 cm³/mol. The van der Waals surface area contributed by atoms with Gasteiger partial charge in [-0.15, -0.1) is 0 Å². The van der Waals surface area contributed by atoms with Crippen molar-refractivity contribution in [1.29, 1.82) is 10.5 Å². The van der Waals surface area contributed by atoms with E-state index in [4.69, 9.17) is 10.5 Å². The Morgan fingerprint density at radius 1 is 1.26 bits per heavy atom. The third-order valence-electron chi connectivity index (χ3n) is 3.71. The molecule has 0 aliphatic carbocycles. The van der Waals surface area contributed by atoms with Crippen LogP contribution in [0.3, 0.4) is 0 Å². The van der Waals surface area contributed by atoms with Gasteiger partial charge < -0.3 is 20.2 Å². The van der Waals surface area contributed by atoms with Gasteiger partial charge in [0.1, 0.15) is 17.7 Å². The van der Waals surface area contributed by atoms with Gasteiger partial charge in [0.2, 0.25) is 0 Å². The van der Waals surface area contributed by atoms with Crippen LogP contribution in [0.25, 0.3) is 0 Å². The maximum atomic E-state index is 11.5. The molecule has 7 heteroatoms. The van der Waals surface area contributed by atoms with Crippen LogP contribution in [-0.2, 0) is 0 Å². The number of carboxylic acids is 1. The summed E-state index contributed by atoms with van der Waals surface area (Å²) in [4.78, 5) is 15.8. The van der Waals surface area contributed by atoms with Crippen LogP contribution in [-0.4, -0.2) is 49.2 Å². The first kappa shape index (κ1) is 16.3. The molecular weight excluding hydrogens is 294 g/mol. The molecule has 1 fully saturated rings. The van der Waals surface area contributed by atoms with Gasteiger partial charge in [0, 0.05) is 38.1 Å². The van der Waals surface area contributed by atoms with E-state index in [2.05, 4.69) is 22.2 Å². The normalized spacial score (nSPS) is 14.5. The largest absolute Gasteiger partial charge is 0.478 e. The van der Waals surface area contributed by atoms with Gasteiger partial charge in [-0.25, -0.2) is 4.79 Å². The van der Waals surface area contributed by atoms with Gasteiger partial charge in [0.05, 0.1) is 11.3 Å². The van der Waals surface area contributed by atoms with E-state index in [9.17, 15) is 9.90 Å². The van der Waals surface area contributed by atoms with Crippen molar-refractivity contribution in [2.45, 2.75) is 0 Å². The van der Waals surface area contributed by atoms with Gasteiger partial charge in [-0.3, -0.25) is 0 Å². The van der Waals surface area contributed by atoms with E-state index in [-0.39, 0.29) is 11.1 Å². The van der Waals surface area contributed by atoms with E-state index < -0.39 is 5.97 Å². The van der Waals surface area contributed by atoms with Gasteiger partial charge in [0.15, 0.2) is 0 Å². The van der Waals surface area contributed by atoms with E-state index in [1.165, 1.54) is 6.20 Å². The summed E-state index contributed by atoms with van der Waals surface area (Å²) in [6, 6.07) is 8.54. The van der Waals surface area contributed by atoms with Crippen molar-refractivity contribution < 1.29 is 9.90 Å². The van der Waals surface area contributed by atoms with E-state index in [0.29, 0.717) is 5.69 Å². The Morgan fingerprint density at radius 2 is 1.91 bits per heavy atom. The van der Waals surface area contributed by atoms with Gasteiger partial charge in [-0.2, -0.15) is 10.5 Å². The molecule has 1 aliphatic rings. The zero-order valence-electron chi connectivity index (χ0n) is 12.8. The van der Waals surface area contributed by atoms with Crippen LogP contribution in [0.4, 0.5) is 11.4 Å². The highest BCUT2D eigenvalue weighted by Gasteiger charge is 2.17. The average molecular weight is 311 g/mol. The summed E-state index contributed by atoms with van der Waals surface area (Å²) in [5, 5.41) is 29.5. The fourth-order valence-corrected chi connectivity index (χ4v) is 2.34. The molecule has 0 spiro atoms. The number of benzene rings is 1. The van der Waals surface area contributed by atoms with E-state index >= 15 is 0 Å². The lowest BCUT2D eigenvalue weighted by molar-refractivity contribution is 0.0698. The number of nitrogens with one attached hydrogen (secondary N) is 1. The number of nitrogens with zero attached hydrogens (tertiary/aromatic N) is 4. The molecule has 2 rings (SSSR count). The molecule has 2 N–H and O–H groups in total. The summed E-state index contributed by atoms with van der Waals surface area (Å²) in [5.41, 5.74) is 1.18. The summed E-state index contributed by atoms with van der Waals surface area (Å²) in [6.45, 7) is 3.54. The fraction of sp³-hybridized carbons (Fsp3) is 0.312. The number of nitriles is 2. The number of hydrogen-bond acceptors (Lipinski definition) is 6. The van der Waals surface area contributed by atoms with Crippen molar-refractivity contribution in [3.05, 3.63) is 35.5 Å². The molecule has 0 saturated carbocycles. The zero-order chi connectivity index (χ0) is 16.8. The molecule has 0 atom stereocenters. The standard InChI is InChI=1S/C16H17N5O2/c1-20-4-6-21(7-5-20)13-2-3-15(14(8-13)16(22)23)19-11-12(9-17)10-18/h2-3,8,11,19H,4-7H2,1H3,(H,22,23). The molecule has 1 saturated heterocycles. The van der Waals surface area contributed by atoms with Gasteiger partial charge in [-0.05, 0) is 25.2 Å². The Hall–Kier alpha value is -3.03. The molecule has 1 aromatic carbocycles. The molecule has 0 aromatic heterocycles. The van der Waals surface area contributed by atoms with Crippen molar-refractivity contribution >= 4 is 17.3 Å². The minimum Gasteiger partial charge on any atom is -0.478 e. The second-order valence-electron chi connectivity index (χ2n) is 5.25. The SMILES string of the molecule is CN1CCN(c2ccc(NC=C(C#N)C#N)c(C(=O)O)c2)CC1. The van der Waals surface area contributed by atoms with Gasteiger partial charge in [-0.1, -0.05) is 0 Å². The molecule has 23 heavy (non-hydrogen) atoms. The van der Waals surface area contributed by atoms with Crippen LogP contribution < -0.4 is 10.2 Å². The Balaban J connectivity index is 2.25. The molecule has 0 bridgehead atoms. The van der Waals surface area contributed by atoms with Gasteiger partial charge >= 0.3 is 5.97 Å². The number of carbonyl (C=O) groups is 1. The summed E-state index contributed by atoms with van der Waals surface area (Å²) in [6.07, 6.45) is 1.21. The maximum Gasteiger partial charge on any atom is 0.337 e. The van der Waals surface area contributed by atoms with Crippen molar-refractivity contribution in [2.24, 2.45) is 0 Å². The first-order chi connectivity index (χ1) is 11.0. The Bertz CT molecular complexity index is 690. The molecule has 1 aliphatic heterocycles. The topological polar surface area (TPSA) is 103 Å². The van der Waals surface area contributed by atoms with Crippen LogP contribution in [0.5, 0.6) is 0 Å². The molecule has 1 heterocycles. The first-order valence-electron chi connectivity index (χ1n) is 7.13. The molecular formula is C16H17N5O2. The minimum absolute atomic E-state index is 0.105. The second kappa shape index (κ2) is 7.30. The lowest BCUT2D eigenvalue weighted by atomic mass is 10.1. The Kier molecular flexibility index (Phi) is 5.19.